The van der Waals surface area contributed by atoms with Crippen molar-refractivity contribution in [2.24, 2.45) is 0 Å². The molecule has 0 unspecified atom stereocenters. The zero-order valence-electron chi connectivity index (χ0n) is 14.0. The Kier molecular flexibility index (Phi) is 4.60. The number of halogens is 2. The van der Waals surface area contributed by atoms with Crippen molar-refractivity contribution < 1.29 is 13.7 Å². The third-order valence-electron chi connectivity index (χ3n) is 4.07. The molecule has 0 saturated heterocycles. The average Bonchev–Trinajstić information content (AvgIpc) is 3.27. The van der Waals surface area contributed by atoms with Crippen molar-refractivity contribution in [2.75, 3.05) is 0 Å². The maximum atomic E-state index is 13.2. The van der Waals surface area contributed by atoms with Crippen LogP contribution in [0.15, 0.2) is 53.2 Å². The number of carbonyl (C=O) groups excluding carboxylic acids is 1. The number of aromatic nitrogens is 3. The molecule has 4 rings (SSSR count). The van der Waals surface area contributed by atoms with E-state index < -0.39 is 0 Å². The molecule has 0 bridgehead atoms. The lowest BCUT2D eigenvalue weighted by Gasteiger charge is -2.01. The zero-order chi connectivity index (χ0) is 18.8. The van der Waals surface area contributed by atoms with E-state index in [0.29, 0.717) is 22.3 Å². The standard InChI is InChI=1S/C19H14ClFN4O2/c20-13-3-1-2-11(6-13)19-24-18(27-25-19)10-23-17(26)7-12-9-22-16-8-14(21)4-5-15(12)16/h1-6,8-9,22H,7,10H2,(H,23,26). The van der Waals surface area contributed by atoms with Crippen LogP contribution in [0.25, 0.3) is 22.3 Å². The molecule has 0 atom stereocenters. The Morgan fingerprint density at radius 2 is 2.15 bits per heavy atom. The van der Waals surface area contributed by atoms with Gasteiger partial charge in [0.15, 0.2) is 0 Å². The quantitative estimate of drug-likeness (QED) is 0.547. The van der Waals surface area contributed by atoms with E-state index in [1.807, 2.05) is 6.07 Å². The minimum Gasteiger partial charge on any atom is -0.361 e. The van der Waals surface area contributed by atoms with E-state index in [-0.39, 0.29) is 24.7 Å². The number of H-pyrrole nitrogens is 1. The molecule has 4 aromatic rings. The van der Waals surface area contributed by atoms with Crippen molar-refractivity contribution in [1.29, 1.82) is 0 Å². The van der Waals surface area contributed by atoms with Gasteiger partial charge in [0.1, 0.15) is 5.82 Å². The summed E-state index contributed by atoms with van der Waals surface area (Å²) in [5.74, 6) is 0.162. The largest absolute Gasteiger partial charge is 0.361 e. The molecule has 0 fully saturated rings. The number of nitrogens with one attached hydrogen (secondary N) is 2. The number of nitrogens with zero attached hydrogens (tertiary/aromatic N) is 2. The average molecular weight is 385 g/mol. The van der Waals surface area contributed by atoms with Gasteiger partial charge in [0.25, 0.3) is 0 Å². The van der Waals surface area contributed by atoms with Crippen LogP contribution in [-0.2, 0) is 17.8 Å². The summed E-state index contributed by atoms with van der Waals surface area (Å²) in [5.41, 5.74) is 2.17. The van der Waals surface area contributed by atoms with E-state index in [9.17, 15) is 9.18 Å². The smallest absolute Gasteiger partial charge is 0.246 e. The van der Waals surface area contributed by atoms with E-state index >= 15 is 0 Å². The number of rotatable bonds is 5. The first-order valence-electron chi connectivity index (χ1n) is 8.19. The summed E-state index contributed by atoms with van der Waals surface area (Å²) in [6.45, 7) is 0.114. The predicted octanol–water partition coefficient (Wildman–Crippen LogP) is 3.87. The van der Waals surface area contributed by atoms with Gasteiger partial charge in [-0.2, -0.15) is 4.98 Å². The summed E-state index contributed by atoms with van der Waals surface area (Å²) in [6, 6.07) is 11.5. The highest BCUT2D eigenvalue weighted by Gasteiger charge is 2.12. The van der Waals surface area contributed by atoms with Gasteiger partial charge < -0.3 is 14.8 Å². The zero-order valence-corrected chi connectivity index (χ0v) is 14.8. The molecule has 0 radical (unpaired) electrons. The minimum atomic E-state index is -0.327. The highest BCUT2D eigenvalue weighted by atomic mass is 35.5. The second kappa shape index (κ2) is 7.20. The number of hydrogen-bond acceptors (Lipinski definition) is 4. The van der Waals surface area contributed by atoms with Gasteiger partial charge in [-0.15, -0.1) is 0 Å². The van der Waals surface area contributed by atoms with Gasteiger partial charge in [0, 0.05) is 27.7 Å². The fourth-order valence-corrected chi connectivity index (χ4v) is 2.98. The molecule has 0 aliphatic rings. The molecular weight excluding hydrogens is 371 g/mol. The molecule has 6 nitrogen and oxygen atoms in total. The van der Waals surface area contributed by atoms with Crippen LogP contribution in [0.3, 0.4) is 0 Å². The van der Waals surface area contributed by atoms with Crippen LogP contribution in [0.2, 0.25) is 5.02 Å². The van der Waals surface area contributed by atoms with Gasteiger partial charge in [-0.3, -0.25) is 4.79 Å². The Morgan fingerprint density at radius 3 is 3.00 bits per heavy atom. The lowest BCUT2D eigenvalue weighted by Crippen LogP contribution is -2.24. The van der Waals surface area contributed by atoms with Crippen LogP contribution in [0, 0.1) is 5.82 Å². The summed E-state index contributed by atoms with van der Waals surface area (Å²) >= 11 is 5.96. The lowest BCUT2D eigenvalue weighted by atomic mass is 10.1. The second-order valence-corrected chi connectivity index (χ2v) is 6.42. The molecule has 27 heavy (non-hydrogen) atoms. The van der Waals surface area contributed by atoms with Crippen molar-refractivity contribution in [1.82, 2.24) is 20.4 Å². The van der Waals surface area contributed by atoms with Gasteiger partial charge in [0.2, 0.25) is 17.6 Å². The summed E-state index contributed by atoms with van der Waals surface area (Å²) in [6.07, 6.45) is 1.86. The molecule has 0 aliphatic heterocycles. The van der Waals surface area contributed by atoms with E-state index in [1.165, 1.54) is 12.1 Å². The van der Waals surface area contributed by atoms with Gasteiger partial charge >= 0.3 is 0 Å². The van der Waals surface area contributed by atoms with Crippen LogP contribution in [0.5, 0.6) is 0 Å². The first-order chi connectivity index (χ1) is 13.1. The predicted molar refractivity (Wildman–Crippen MR) is 98.6 cm³/mol. The topological polar surface area (TPSA) is 83.8 Å². The Bertz CT molecular complexity index is 1120. The molecule has 2 heterocycles. The Balaban J connectivity index is 1.39. The first kappa shape index (κ1) is 17.2. The van der Waals surface area contributed by atoms with Gasteiger partial charge in [0.05, 0.1) is 13.0 Å². The summed E-state index contributed by atoms with van der Waals surface area (Å²) in [4.78, 5) is 19.4. The van der Waals surface area contributed by atoms with Crippen LogP contribution in [0.4, 0.5) is 4.39 Å². The second-order valence-electron chi connectivity index (χ2n) is 5.98. The molecule has 136 valence electrons. The van der Waals surface area contributed by atoms with Crippen molar-refractivity contribution in [3.05, 3.63) is 71.0 Å². The van der Waals surface area contributed by atoms with E-state index in [0.717, 1.165) is 16.5 Å². The Hall–Kier alpha value is -3.19. The molecule has 8 heteroatoms. The number of amides is 1. The SMILES string of the molecule is O=C(Cc1c[nH]c2cc(F)ccc12)NCc1nc(-c2cccc(Cl)c2)no1. The maximum absolute atomic E-state index is 13.2. The number of hydrogen-bond donors (Lipinski definition) is 2. The first-order valence-corrected chi connectivity index (χ1v) is 8.57. The molecule has 0 aliphatic carbocycles. The van der Waals surface area contributed by atoms with Gasteiger partial charge in [-0.25, -0.2) is 4.39 Å². The Morgan fingerprint density at radius 1 is 1.26 bits per heavy atom. The van der Waals surface area contributed by atoms with Crippen molar-refractivity contribution >= 4 is 28.4 Å². The number of carbonyl (C=O) groups is 1. The van der Waals surface area contributed by atoms with E-state index in [2.05, 4.69) is 20.4 Å². The number of fused-ring (bicyclic) bond motifs is 1. The third-order valence-corrected chi connectivity index (χ3v) is 4.30. The monoisotopic (exact) mass is 384 g/mol. The molecule has 2 N–H and O–H groups in total. The molecule has 2 aromatic heterocycles. The number of benzene rings is 2. The van der Waals surface area contributed by atoms with Crippen molar-refractivity contribution in [3.63, 3.8) is 0 Å². The van der Waals surface area contributed by atoms with E-state index in [4.69, 9.17) is 16.1 Å². The van der Waals surface area contributed by atoms with E-state index in [1.54, 1.807) is 30.5 Å². The van der Waals surface area contributed by atoms with Crippen molar-refractivity contribution in [3.8, 4) is 11.4 Å². The summed E-state index contributed by atoms with van der Waals surface area (Å²) < 4.78 is 18.4. The maximum Gasteiger partial charge on any atom is 0.246 e. The molecule has 0 saturated carbocycles. The molecule has 2 aromatic carbocycles. The third kappa shape index (κ3) is 3.83. The summed E-state index contributed by atoms with van der Waals surface area (Å²) in [5, 5.41) is 8.02. The van der Waals surface area contributed by atoms with Crippen molar-refractivity contribution in [2.45, 2.75) is 13.0 Å². The molecule has 1 amide bonds. The minimum absolute atomic E-state index is 0.114. The van der Waals surface area contributed by atoms with Crippen LogP contribution >= 0.6 is 11.6 Å². The molecular formula is C19H14ClFN4O2. The van der Waals surface area contributed by atoms with Gasteiger partial charge in [-0.05, 0) is 35.9 Å². The van der Waals surface area contributed by atoms with Crippen LogP contribution < -0.4 is 5.32 Å². The fourth-order valence-electron chi connectivity index (χ4n) is 2.79. The van der Waals surface area contributed by atoms with Crippen LogP contribution in [-0.4, -0.2) is 21.0 Å². The fraction of sp³-hybridized carbons (Fsp3) is 0.105. The Labute approximate surface area is 158 Å². The van der Waals surface area contributed by atoms with Crippen LogP contribution in [0.1, 0.15) is 11.5 Å². The highest BCUT2D eigenvalue weighted by Crippen LogP contribution is 2.21. The summed E-state index contributed by atoms with van der Waals surface area (Å²) in [7, 11) is 0. The number of aromatic amines is 1. The van der Waals surface area contributed by atoms with Gasteiger partial charge in [-0.1, -0.05) is 28.9 Å². The lowest BCUT2D eigenvalue weighted by molar-refractivity contribution is -0.120. The normalized spacial score (nSPS) is 11.0. The highest BCUT2D eigenvalue weighted by molar-refractivity contribution is 6.30. The molecule has 0 spiro atoms.